The zero-order chi connectivity index (χ0) is 14.7. The molecular formula is C15H19BrFN3. The molecule has 1 heterocycles. The molecule has 0 radical (unpaired) electrons. The molecule has 0 saturated carbocycles. The van der Waals surface area contributed by atoms with Gasteiger partial charge >= 0.3 is 0 Å². The van der Waals surface area contributed by atoms with E-state index >= 15 is 0 Å². The van der Waals surface area contributed by atoms with E-state index in [0.29, 0.717) is 12.6 Å². The summed E-state index contributed by atoms with van der Waals surface area (Å²) < 4.78 is 16.0. The van der Waals surface area contributed by atoms with E-state index in [2.05, 4.69) is 40.2 Å². The van der Waals surface area contributed by atoms with Crippen molar-refractivity contribution in [2.24, 2.45) is 0 Å². The highest BCUT2D eigenvalue weighted by Crippen LogP contribution is 2.16. The number of rotatable bonds is 5. The summed E-state index contributed by atoms with van der Waals surface area (Å²) in [5.41, 5.74) is 3.07. The Morgan fingerprint density at radius 1 is 1.35 bits per heavy atom. The first kappa shape index (κ1) is 15.2. The van der Waals surface area contributed by atoms with Crippen LogP contribution in [0.25, 0.3) is 0 Å². The molecule has 0 fully saturated rings. The predicted octanol–water partition coefficient (Wildman–Crippen LogP) is 3.64. The minimum atomic E-state index is -0.236. The van der Waals surface area contributed by atoms with E-state index in [1.165, 1.54) is 17.7 Å². The van der Waals surface area contributed by atoms with Gasteiger partial charge in [-0.1, -0.05) is 29.8 Å². The summed E-state index contributed by atoms with van der Waals surface area (Å²) in [5.74, 6) is -0.236. The quantitative estimate of drug-likeness (QED) is 0.901. The maximum absolute atomic E-state index is 13.4. The van der Waals surface area contributed by atoms with Gasteiger partial charge in [-0.15, -0.1) is 0 Å². The monoisotopic (exact) mass is 339 g/mol. The fourth-order valence-electron chi connectivity index (χ4n) is 2.02. The first-order chi connectivity index (χ1) is 9.44. The summed E-state index contributed by atoms with van der Waals surface area (Å²) in [4.78, 5) is 0. The minimum absolute atomic E-state index is 0.236. The van der Waals surface area contributed by atoms with E-state index in [9.17, 15) is 4.39 Å². The average Bonchev–Trinajstić information content (AvgIpc) is 2.65. The maximum Gasteiger partial charge on any atom is 0.124 e. The van der Waals surface area contributed by atoms with Crippen molar-refractivity contribution in [2.45, 2.75) is 39.9 Å². The van der Waals surface area contributed by atoms with Crippen molar-refractivity contribution in [1.29, 1.82) is 0 Å². The van der Waals surface area contributed by atoms with E-state index < -0.39 is 0 Å². The molecule has 0 amide bonds. The van der Waals surface area contributed by atoms with Gasteiger partial charge in [-0.05, 0) is 30.7 Å². The number of aromatic nitrogens is 2. The first-order valence-electron chi connectivity index (χ1n) is 6.65. The summed E-state index contributed by atoms with van der Waals surface area (Å²) in [6.07, 6.45) is 2.02. The topological polar surface area (TPSA) is 29.9 Å². The van der Waals surface area contributed by atoms with Crippen molar-refractivity contribution in [2.75, 3.05) is 0 Å². The molecule has 1 N–H and O–H groups in total. The zero-order valence-corrected chi connectivity index (χ0v) is 13.5. The van der Waals surface area contributed by atoms with Crippen LogP contribution in [-0.4, -0.2) is 15.8 Å². The molecule has 0 saturated heterocycles. The fraction of sp³-hybridized carbons (Fsp3) is 0.400. The largest absolute Gasteiger partial charge is 0.310 e. The van der Waals surface area contributed by atoms with E-state index in [-0.39, 0.29) is 5.82 Å². The Labute approximate surface area is 127 Å². The van der Waals surface area contributed by atoms with Crippen molar-refractivity contribution in [3.05, 3.63) is 51.5 Å². The van der Waals surface area contributed by atoms with Crippen molar-refractivity contribution in [3.63, 3.8) is 0 Å². The second kappa shape index (κ2) is 6.50. The number of halogens is 2. The molecule has 2 rings (SSSR count). The minimum Gasteiger partial charge on any atom is -0.310 e. The first-order valence-corrected chi connectivity index (χ1v) is 7.44. The standard InChI is InChI=1S/C15H19BrFN3/c1-10(2)18-7-13-9-20(19-11(13)3)8-12-4-14(16)6-15(17)5-12/h4-6,9-10,18H,7-8H2,1-3H3. The molecule has 0 bridgehead atoms. The smallest absolute Gasteiger partial charge is 0.124 e. The van der Waals surface area contributed by atoms with Crippen molar-refractivity contribution >= 4 is 15.9 Å². The van der Waals surface area contributed by atoms with Crippen LogP contribution in [0.1, 0.15) is 30.7 Å². The molecule has 1 aromatic carbocycles. The Morgan fingerprint density at radius 3 is 2.75 bits per heavy atom. The highest BCUT2D eigenvalue weighted by atomic mass is 79.9. The fourth-order valence-corrected chi connectivity index (χ4v) is 2.53. The van der Waals surface area contributed by atoms with Crippen LogP contribution in [0.4, 0.5) is 4.39 Å². The van der Waals surface area contributed by atoms with Gasteiger partial charge in [0, 0.05) is 28.8 Å². The molecule has 3 nitrogen and oxygen atoms in total. The lowest BCUT2D eigenvalue weighted by Crippen LogP contribution is -2.21. The van der Waals surface area contributed by atoms with Crippen LogP contribution in [0.15, 0.2) is 28.9 Å². The van der Waals surface area contributed by atoms with Gasteiger partial charge in [-0.3, -0.25) is 4.68 Å². The SMILES string of the molecule is Cc1nn(Cc2cc(F)cc(Br)c2)cc1CNC(C)C. The molecule has 108 valence electrons. The maximum atomic E-state index is 13.4. The molecule has 20 heavy (non-hydrogen) atoms. The van der Waals surface area contributed by atoms with E-state index in [0.717, 1.165) is 22.3 Å². The molecule has 1 aromatic heterocycles. The number of hydrogen-bond donors (Lipinski definition) is 1. The van der Waals surface area contributed by atoms with Gasteiger partial charge in [0.2, 0.25) is 0 Å². The Hall–Kier alpha value is -1.20. The molecule has 0 spiro atoms. The zero-order valence-electron chi connectivity index (χ0n) is 12.0. The number of nitrogens with zero attached hydrogens (tertiary/aromatic N) is 2. The lowest BCUT2D eigenvalue weighted by molar-refractivity contribution is 0.587. The highest BCUT2D eigenvalue weighted by molar-refractivity contribution is 9.10. The number of hydrogen-bond acceptors (Lipinski definition) is 2. The third-order valence-corrected chi connectivity index (χ3v) is 3.47. The van der Waals surface area contributed by atoms with Crippen LogP contribution in [-0.2, 0) is 13.1 Å². The molecule has 0 aliphatic rings. The number of nitrogens with one attached hydrogen (secondary N) is 1. The summed E-state index contributed by atoms with van der Waals surface area (Å²) >= 11 is 3.31. The third kappa shape index (κ3) is 4.15. The van der Waals surface area contributed by atoms with Crippen molar-refractivity contribution in [3.8, 4) is 0 Å². The average molecular weight is 340 g/mol. The van der Waals surface area contributed by atoms with Gasteiger partial charge < -0.3 is 5.32 Å². The van der Waals surface area contributed by atoms with Crippen LogP contribution in [0.5, 0.6) is 0 Å². The molecule has 5 heteroatoms. The van der Waals surface area contributed by atoms with Crippen LogP contribution < -0.4 is 5.32 Å². The molecule has 0 unspecified atom stereocenters. The normalized spacial score (nSPS) is 11.3. The third-order valence-electron chi connectivity index (χ3n) is 3.02. The van der Waals surface area contributed by atoms with Gasteiger partial charge in [0.15, 0.2) is 0 Å². The van der Waals surface area contributed by atoms with Gasteiger partial charge in [0.05, 0.1) is 12.2 Å². The molecular weight excluding hydrogens is 321 g/mol. The molecule has 2 aromatic rings. The van der Waals surface area contributed by atoms with Crippen LogP contribution >= 0.6 is 15.9 Å². The van der Waals surface area contributed by atoms with Gasteiger partial charge in [-0.25, -0.2) is 4.39 Å². The van der Waals surface area contributed by atoms with Crippen molar-refractivity contribution in [1.82, 2.24) is 15.1 Å². The Morgan fingerprint density at radius 2 is 2.10 bits per heavy atom. The van der Waals surface area contributed by atoms with Gasteiger partial charge in [0.25, 0.3) is 0 Å². The predicted molar refractivity (Wildman–Crippen MR) is 82.1 cm³/mol. The Kier molecular flexibility index (Phi) is 4.94. The highest BCUT2D eigenvalue weighted by Gasteiger charge is 2.07. The lowest BCUT2D eigenvalue weighted by atomic mass is 10.2. The number of aryl methyl sites for hydroxylation is 1. The lowest BCUT2D eigenvalue weighted by Gasteiger charge is -2.06. The van der Waals surface area contributed by atoms with E-state index in [4.69, 9.17) is 0 Å². The summed E-state index contributed by atoms with van der Waals surface area (Å²) in [6, 6.07) is 5.34. The van der Waals surface area contributed by atoms with Crippen LogP contribution in [0.2, 0.25) is 0 Å². The second-order valence-electron chi connectivity index (χ2n) is 5.25. The molecule has 0 atom stereocenters. The van der Waals surface area contributed by atoms with Gasteiger partial charge in [-0.2, -0.15) is 5.10 Å². The summed E-state index contributed by atoms with van der Waals surface area (Å²) in [5, 5.41) is 7.86. The number of benzene rings is 1. The summed E-state index contributed by atoms with van der Waals surface area (Å²) in [6.45, 7) is 7.60. The van der Waals surface area contributed by atoms with E-state index in [1.807, 2.05) is 23.9 Å². The summed E-state index contributed by atoms with van der Waals surface area (Å²) in [7, 11) is 0. The van der Waals surface area contributed by atoms with Gasteiger partial charge in [0.1, 0.15) is 5.82 Å². The van der Waals surface area contributed by atoms with Crippen molar-refractivity contribution < 1.29 is 4.39 Å². The molecule has 0 aliphatic heterocycles. The Bertz CT molecular complexity index is 573. The Balaban J connectivity index is 2.11. The van der Waals surface area contributed by atoms with E-state index in [1.54, 1.807) is 0 Å². The molecule has 0 aliphatic carbocycles. The second-order valence-corrected chi connectivity index (χ2v) is 6.17. The van der Waals surface area contributed by atoms with Crippen LogP contribution in [0, 0.1) is 12.7 Å². The van der Waals surface area contributed by atoms with Crippen LogP contribution in [0.3, 0.4) is 0 Å².